The molecular weight excluding hydrogens is 392 g/mol. The van der Waals surface area contributed by atoms with Gasteiger partial charge in [-0.25, -0.2) is 8.42 Å². The van der Waals surface area contributed by atoms with Crippen molar-refractivity contribution < 1.29 is 23.1 Å². The fourth-order valence-electron chi connectivity index (χ4n) is 3.31. The van der Waals surface area contributed by atoms with Gasteiger partial charge in [0.05, 0.1) is 24.3 Å². The summed E-state index contributed by atoms with van der Waals surface area (Å²) in [6.45, 7) is 2.14. The van der Waals surface area contributed by atoms with E-state index in [1.807, 2.05) is 11.9 Å². The van der Waals surface area contributed by atoms with Crippen molar-refractivity contribution in [3.63, 3.8) is 0 Å². The van der Waals surface area contributed by atoms with E-state index in [-0.39, 0.29) is 35.6 Å². The average molecular weight is 421 g/mol. The van der Waals surface area contributed by atoms with Crippen LogP contribution < -0.4 is 4.74 Å². The van der Waals surface area contributed by atoms with E-state index in [1.165, 1.54) is 7.11 Å². The Bertz CT molecular complexity index is 713. The summed E-state index contributed by atoms with van der Waals surface area (Å²) >= 11 is 0. The van der Waals surface area contributed by atoms with Crippen molar-refractivity contribution >= 4 is 28.2 Å². The highest BCUT2D eigenvalue weighted by Gasteiger charge is 2.23. The van der Waals surface area contributed by atoms with Crippen molar-refractivity contribution in [3.8, 4) is 5.75 Å². The number of sulfone groups is 1. The molecule has 9 heteroatoms. The second kappa shape index (κ2) is 10.8. The highest BCUT2D eigenvalue weighted by Crippen LogP contribution is 2.19. The third-order valence-corrected chi connectivity index (χ3v) is 6.57. The molecule has 1 aromatic carbocycles. The van der Waals surface area contributed by atoms with Crippen LogP contribution in [0.15, 0.2) is 29.2 Å². The first kappa shape index (κ1) is 23.7. The van der Waals surface area contributed by atoms with E-state index in [2.05, 4.69) is 4.90 Å². The quantitative estimate of drug-likeness (QED) is 0.685. The Balaban J connectivity index is 0.00000364. The maximum atomic E-state index is 12.6. The molecule has 1 saturated heterocycles. The number of ether oxygens (including phenoxy) is 1. The van der Waals surface area contributed by atoms with Gasteiger partial charge in [-0.15, -0.1) is 12.4 Å². The number of halogens is 1. The second-order valence-electron chi connectivity index (χ2n) is 6.73. The first-order chi connectivity index (χ1) is 12.3. The van der Waals surface area contributed by atoms with E-state index in [1.54, 1.807) is 24.3 Å². The molecule has 0 radical (unpaired) electrons. The highest BCUT2D eigenvalue weighted by atomic mass is 35.5. The predicted octanol–water partition coefficient (Wildman–Crippen LogP) is 1.76. The SMILES string of the molecule is COc1cccc(S(=O)(=O)CCN2CCCC(N(C)CC(=O)O)CC2)c1.Cl. The van der Waals surface area contributed by atoms with E-state index < -0.39 is 15.8 Å². The lowest BCUT2D eigenvalue weighted by Gasteiger charge is -2.25. The van der Waals surface area contributed by atoms with Crippen LogP contribution in [0, 0.1) is 0 Å². The molecule has 1 aliphatic heterocycles. The van der Waals surface area contributed by atoms with E-state index >= 15 is 0 Å². The summed E-state index contributed by atoms with van der Waals surface area (Å²) in [6, 6.07) is 6.78. The third kappa shape index (κ3) is 7.29. The van der Waals surface area contributed by atoms with Crippen molar-refractivity contribution in [2.24, 2.45) is 0 Å². The minimum absolute atomic E-state index is 0. The van der Waals surface area contributed by atoms with Crippen molar-refractivity contribution in [3.05, 3.63) is 24.3 Å². The fourth-order valence-corrected chi connectivity index (χ4v) is 4.62. The first-order valence-corrected chi connectivity index (χ1v) is 10.5. The predicted molar refractivity (Wildman–Crippen MR) is 107 cm³/mol. The van der Waals surface area contributed by atoms with Crippen LogP contribution in [-0.4, -0.2) is 81.4 Å². The zero-order valence-corrected chi connectivity index (χ0v) is 17.5. The van der Waals surface area contributed by atoms with Gasteiger partial charge >= 0.3 is 5.97 Å². The number of likely N-dealkylation sites (tertiary alicyclic amines) is 1. The largest absolute Gasteiger partial charge is 0.497 e. The Morgan fingerprint density at radius 3 is 2.74 bits per heavy atom. The Morgan fingerprint density at radius 2 is 2.07 bits per heavy atom. The Kier molecular flexibility index (Phi) is 9.52. The number of benzene rings is 1. The lowest BCUT2D eigenvalue weighted by molar-refractivity contribution is -0.138. The molecule has 1 unspecified atom stereocenters. The van der Waals surface area contributed by atoms with Crippen molar-refractivity contribution in [1.82, 2.24) is 9.80 Å². The van der Waals surface area contributed by atoms with Gasteiger partial charge in [0.25, 0.3) is 0 Å². The molecule has 0 bridgehead atoms. The van der Waals surface area contributed by atoms with Gasteiger partial charge in [-0.1, -0.05) is 6.07 Å². The summed E-state index contributed by atoms with van der Waals surface area (Å²) in [5.41, 5.74) is 0. The maximum absolute atomic E-state index is 12.6. The molecule has 1 heterocycles. The number of hydrogen-bond acceptors (Lipinski definition) is 6. The zero-order chi connectivity index (χ0) is 19.2. The number of carboxylic acid groups (broad SMARTS) is 1. The monoisotopic (exact) mass is 420 g/mol. The minimum Gasteiger partial charge on any atom is -0.497 e. The molecule has 1 aromatic rings. The van der Waals surface area contributed by atoms with Crippen LogP contribution in [0.1, 0.15) is 19.3 Å². The van der Waals surface area contributed by atoms with Gasteiger partial charge in [0, 0.05) is 12.6 Å². The standard InChI is InChI=1S/C18H28N2O5S.ClH/c1-19(14-18(21)22)15-5-4-9-20(10-8-15)11-12-26(23,24)17-7-3-6-16(13-17)25-2;/h3,6-7,13,15H,4-5,8-12,14H2,1-2H3,(H,21,22);1H. The smallest absolute Gasteiger partial charge is 0.317 e. The Hall–Kier alpha value is -1.35. The van der Waals surface area contributed by atoms with Crippen LogP contribution in [0.25, 0.3) is 0 Å². The molecule has 7 nitrogen and oxygen atoms in total. The maximum Gasteiger partial charge on any atom is 0.317 e. The molecule has 154 valence electrons. The van der Waals surface area contributed by atoms with Crippen LogP contribution in [0.2, 0.25) is 0 Å². The number of nitrogens with zero attached hydrogens (tertiary/aromatic N) is 2. The normalized spacial score (nSPS) is 18.6. The van der Waals surface area contributed by atoms with E-state index in [0.29, 0.717) is 12.3 Å². The number of carbonyl (C=O) groups is 1. The molecule has 1 atom stereocenters. The summed E-state index contributed by atoms with van der Waals surface area (Å²) in [5.74, 6) is -0.223. The van der Waals surface area contributed by atoms with Gasteiger partial charge in [0.15, 0.2) is 9.84 Å². The number of methoxy groups -OCH3 is 1. The van der Waals surface area contributed by atoms with Gasteiger partial charge in [0.1, 0.15) is 5.75 Å². The van der Waals surface area contributed by atoms with Gasteiger partial charge < -0.3 is 14.7 Å². The molecule has 0 spiro atoms. The van der Waals surface area contributed by atoms with E-state index in [9.17, 15) is 13.2 Å². The lowest BCUT2D eigenvalue weighted by Crippen LogP contribution is -2.37. The summed E-state index contributed by atoms with van der Waals surface area (Å²) in [6.07, 6.45) is 2.72. The van der Waals surface area contributed by atoms with Crippen LogP contribution in [0.3, 0.4) is 0 Å². The molecule has 27 heavy (non-hydrogen) atoms. The molecule has 0 saturated carbocycles. The fraction of sp³-hybridized carbons (Fsp3) is 0.611. The van der Waals surface area contributed by atoms with Crippen molar-refractivity contribution in [2.75, 3.05) is 46.1 Å². The summed E-state index contributed by atoms with van der Waals surface area (Å²) < 4.78 is 30.2. The number of carboxylic acids is 1. The van der Waals surface area contributed by atoms with Gasteiger partial charge in [-0.3, -0.25) is 9.69 Å². The summed E-state index contributed by atoms with van der Waals surface area (Å²) in [5, 5.41) is 8.93. The number of aliphatic carboxylic acids is 1. The molecule has 1 aliphatic rings. The van der Waals surface area contributed by atoms with Crippen molar-refractivity contribution in [1.29, 1.82) is 0 Å². The van der Waals surface area contributed by atoms with E-state index in [4.69, 9.17) is 9.84 Å². The number of likely N-dealkylation sites (N-methyl/N-ethyl adjacent to an activating group) is 1. The number of hydrogen-bond donors (Lipinski definition) is 1. The highest BCUT2D eigenvalue weighted by molar-refractivity contribution is 7.91. The van der Waals surface area contributed by atoms with Gasteiger partial charge in [-0.2, -0.15) is 0 Å². The van der Waals surface area contributed by atoms with Gasteiger partial charge in [0.2, 0.25) is 0 Å². The van der Waals surface area contributed by atoms with Gasteiger partial charge in [-0.05, 0) is 57.6 Å². The Labute approximate surface area is 167 Å². The molecule has 1 fully saturated rings. The number of rotatable bonds is 8. The van der Waals surface area contributed by atoms with Crippen LogP contribution in [0.5, 0.6) is 5.75 Å². The zero-order valence-electron chi connectivity index (χ0n) is 15.8. The van der Waals surface area contributed by atoms with E-state index in [0.717, 1.165) is 32.4 Å². The lowest BCUT2D eigenvalue weighted by atomic mass is 10.1. The summed E-state index contributed by atoms with van der Waals surface area (Å²) in [7, 11) is -0.0101. The molecule has 0 aliphatic carbocycles. The third-order valence-electron chi connectivity index (χ3n) is 4.87. The molecule has 2 rings (SSSR count). The molecule has 0 aromatic heterocycles. The molecular formula is C18H29ClN2O5S. The second-order valence-corrected chi connectivity index (χ2v) is 8.84. The summed E-state index contributed by atoms with van der Waals surface area (Å²) in [4.78, 5) is 15.2. The van der Waals surface area contributed by atoms with Crippen LogP contribution >= 0.6 is 12.4 Å². The Morgan fingerprint density at radius 1 is 1.33 bits per heavy atom. The topological polar surface area (TPSA) is 87.2 Å². The average Bonchev–Trinajstić information content (AvgIpc) is 2.85. The molecule has 0 amide bonds. The van der Waals surface area contributed by atoms with Crippen LogP contribution in [-0.2, 0) is 14.6 Å². The first-order valence-electron chi connectivity index (χ1n) is 8.83. The minimum atomic E-state index is -3.36. The molecule has 1 N–H and O–H groups in total. The van der Waals surface area contributed by atoms with Crippen LogP contribution in [0.4, 0.5) is 0 Å². The van der Waals surface area contributed by atoms with Crippen molar-refractivity contribution in [2.45, 2.75) is 30.2 Å².